The molecule has 4 rings (SSSR count). The molecule has 2 heterocycles. The molecule has 1 aromatic heterocycles. The van der Waals surface area contributed by atoms with Gasteiger partial charge < -0.3 is 10.6 Å². The summed E-state index contributed by atoms with van der Waals surface area (Å²) in [5, 5.41) is 14.0. The van der Waals surface area contributed by atoms with Crippen LogP contribution in [0, 0.1) is 5.92 Å². The number of anilines is 1. The van der Waals surface area contributed by atoms with E-state index in [1.54, 1.807) is 16.4 Å². The third-order valence-corrected chi connectivity index (χ3v) is 6.47. The smallest absolute Gasteiger partial charge is 0.235 e. The van der Waals surface area contributed by atoms with Gasteiger partial charge in [-0.1, -0.05) is 37.3 Å². The van der Waals surface area contributed by atoms with Gasteiger partial charge >= 0.3 is 0 Å². The number of amides is 2. The fourth-order valence-corrected chi connectivity index (χ4v) is 4.14. The highest BCUT2D eigenvalue weighted by Gasteiger charge is 2.34. The van der Waals surface area contributed by atoms with Crippen molar-refractivity contribution in [2.75, 3.05) is 11.1 Å². The Hall–Kier alpha value is -2.32. The van der Waals surface area contributed by atoms with Crippen LogP contribution in [0.25, 0.3) is 0 Å². The Kier molecular flexibility index (Phi) is 5.91. The highest BCUT2D eigenvalue weighted by atomic mass is 32.2. The van der Waals surface area contributed by atoms with Crippen molar-refractivity contribution in [2.24, 2.45) is 5.92 Å². The molecule has 2 fully saturated rings. The monoisotopic (exact) mass is 413 g/mol. The molecule has 3 N–H and O–H groups in total. The molecule has 0 spiro atoms. The summed E-state index contributed by atoms with van der Waals surface area (Å²) in [5.74, 6) is 2.02. The predicted octanol–water partition coefficient (Wildman–Crippen LogP) is 2.83. The maximum absolute atomic E-state index is 12.5. The third-order valence-electron chi connectivity index (χ3n) is 5.47. The lowest BCUT2D eigenvalue weighted by Crippen LogP contribution is -2.57. The number of carbonyl (C=O) groups is 2. The van der Waals surface area contributed by atoms with E-state index in [9.17, 15) is 9.59 Å². The fourth-order valence-electron chi connectivity index (χ4n) is 3.36. The Morgan fingerprint density at radius 1 is 1.28 bits per heavy atom. The molecular weight excluding hydrogens is 386 g/mol. The first-order valence-electron chi connectivity index (χ1n) is 10.1. The molecule has 0 radical (unpaired) electrons. The largest absolute Gasteiger partial charge is 0.322 e. The Balaban J connectivity index is 1.42. The topological polar surface area (TPSA) is 88.1 Å². The van der Waals surface area contributed by atoms with Gasteiger partial charge in [0.05, 0.1) is 17.4 Å². The Morgan fingerprint density at radius 2 is 2.03 bits per heavy atom. The number of thioether (sulfide) groups is 1. The molecule has 1 aromatic carbocycles. The second-order valence-corrected chi connectivity index (χ2v) is 8.84. The first-order chi connectivity index (χ1) is 14.0. The van der Waals surface area contributed by atoms with Crippen LogP contribution in [0.2, 0.25) is 0 Å². The van der Waals surface area contributed by atoms with Gasteiger partial charge in [0.25, 0.3) is 0 Å². The van der Waals surface area contributed by atoms with E-state index in [0.717, 1.165) is 24.3 Å². The second-order valence-electron chi connectivity index (χ2n) is 7.86. The van der Waals surface area contributed by atoms with E-state index < -0.39 is 6.29 Å². The molecule has 8 heteroatoms. The van der Waals surface area contributed by atoms with Crippen molar-refractivity contribution in [3.05, 3.63) is 47.7 Å². The summed E-state index contributed by atoms with van der Waals surface area (Å²) in [5.41, 5.74) is 2.17. The number of nitrogens with zero attached hydrogens (tertiary/aromatic N) is 2. The van der Waals surface area contributed by atoms with Crippen LogP contribution in [0.15, 0.2) is 36.4 Å². The van der Waals surface area contributed by atoms with Gasteiger partial charge in [-0.3, -0.25) is 14.9 Å². The van der Waals surface area contributed by atoms with Crippen LogP contribution in [-0.2, 0) is 15.3 Å². The molecule has 1 saturated heterocycles. The van der Waals surface area contributed by atoms with Gasteiger partial charge in [-0.25, -0.2) is 4.68 Å². The summed E-state index contributed by atoms with van der Waals surface area (Å²) in [6.07, 6.45) is 1.78. The van der Waals surface area contributed by atoms with Gasteiger partial charge in [0, 0.05) is 23.8 Å². The van der Waals surface area contributed by atoms with Crippen LogP contribution in [0.1, 0.15) is 50.2 Å². The van der Waals surface area contributed by atoms with Crippen molar-refractivity contribution < 1.29 is 9.59 Å². The molecule has 3 unspecified atom stereocenters. The van der Waals surface area contributed by atoms with Gasteiger partial charge in [0.15, 0.2) is 6.29 Å². The van der Waals surface area contributed by atoms with Gasteiger partial charge in [0.2, 0.25) is 11.8 Å². The lowest BCUT2D eigenvalue weighted by molar-refractivity contribution is -0.130. The molecule has 29 heavy (non-hydrogen) atoms. The quantitative estimate of drug-likeness (QED) is 0.650. The van der Waals surface area contributed by atoms with E-state index in [0.29, 0.717) is 17.5 Å². The fraction of sp³-hybridized carbons (Fsp3) is 0.476. The second kappa shape index (κ2) is 8.59. The van der Waals surface area contributed by atoms with E-state index in [1.807, 2.05) is 38.1 Å². The Bertz CT molecular complexity index is 880. The minimum absolute atomic E-state index is 0.0135. The van der Waals surface area contributed by atoms with Crippen LogP contribution in [-0.4, -0.2) is 33.4 Å². The van der Waals surface area contributed by atoms with E-state index in [2.05, 4.69) is 33.2 Å². The minimum atomic E-state index is -0.464. The van der Waals surface area contributed by atoms with Gasteiger partial charge in [-0.2, -0.15) is 5.10 Å². The number of nitrogens with one attached hydrogen (secondary N) is 3. The molecule has 1 saturated carbocycles. The molecule has 2 amide bonds. The van der Waals surface area contributed by atoms with Gasteiger partial charge in [-0.05, 0) is 25.3 Å². The van der Waals surface area contributed by atoms with Crippen LogP contribution in [0.5, 0.6) is 0 Å². The number of carbonyl (C=O) groups excluding carboxylic acids is 2. The summed E-state index contributed by atoms with van der Waals surface area (Å²) in [7, 11) is 0. The number of hydrogen-bond donors (Lipinski definition) is 3. The lowest BCUT2D eigenvalue weighted by atomic mass is 10.0. The van der Waals surface area contributed by atoms with Crippen molar-refractivity contribution >= 4 is 29.4 Å². The molecule has 0 bridgehead atoms. The SMILES string of the molecule is CC1NC(n2nc(C3CC3)cc2NC(=O)CSCc2ccccc2)NC(=O)C1C. The number of aromatic nitrogens is 2. The summed E-state index contributed by atoms with van der Waals surface area (Å²) in [4.78, 5) is 24.8. The molecule has 154 valence electrons. The molecule has 2 aromatic rings. The first kappa shape index (κ1) is 20.0. The summed E-state index contributed by atoms with van der Waals surface area (Å²) in [6.45, 7) is 3.88. The molecule has 7 nitrogen and oxygen atoms in total. The Labute approximate surface area is 175 Å². The van der Waals surface area contributed by atoms with Crippen molar-refractivity contribution in [3.8, 4) is 0 Å². The number of benzene rings is 1. The third kappa shape index (κ3) is 4.82. The van der Waals surface area contributed by atoms with Crippen molar-refractivity contribution in [2.45, 2.75) is 50.7 Å². The zero-order valence-corrected chi connectivity index (χ0v) is 17.5. The Morgan fingerprint density at radius 3 is 2.72 bits per heavy atom. The highest BCUT2D eigenvalue weighted by molar-refractivity contribution is 7.99. The lowest BCUT2D eigenvalue weighted by Gasteiger charge is -2.34. The zero-order chi connectivity index (χ0) is 20.4. The normalized spacial score (nSPS) is 24.2. The molecule has 2 aliphatic rings. The summed E-state index contributed by atoms with van der Waals surface area (Å²) in [6, 6.07) is 12.1. The van der Waals surface area contributed by atoms with Gasteiger partial charge in [0.1, 0.15) is 5.82 Å². The van der Waals surface area contributed by atoms with Crippen LogP contribution in [0.4, 0.5) is 5.82 Å². The van der Waals surface area contributed by atoms with Crippen LogP contribution >= 0.6 is 11.8 Å². The predicted molar refractivity (Wildman–Crippen MR) is 114 cm³/mol. The molecule has 1 aliphatic carbocycles. The maximum Gasteiger partial charge on any atom is 0.235 e. The molecular formula is C21H27N5O2S. The van der Waals surface area contributed by atoms with Crippen molar-refractivity contribution in [1.29, 1.82) is 0 Å². The number of hydrogen-bond acceptors (Lipinski definition) is 5. The summed E-state index contributed by atoms with van der Waals surface area (Å²) < 4.78 is 1.70. The minimum Gasteiger partial charge on any atom is -0.322 e. The number of rotatable bonds is 7. The van der Waals surface area contributed by atoms with Crippen LogP contribution < -0.4 is 16.0 Å². The van der Waals surface area contributed by atoms with Crippen LogP contribution in [0.3, 0.4) is 0 Å². The standard InChI is InChI=1S/C21H27N5O2S/c1-13-14(2)22-21(24-20(13)28)26-18(10-17(25-26)16-8-9-16)23-19(27)12-29-11-15-6-4-3-5-7-15/h3-7,10,13-14,16,21-22H,8-9,11-12H2,1-2H3,(H,23,27)(H,24,28). The van der Waals surface area contributed by atoms with E-state index in [1.165, 1.54) is 5.56 Å². The maximum atomic E-state index is 12.5. The first-order valence-corrected chi connectivity index (χ1v) is 11.2. The van der Waals surface area contributed by atoms with Crippen molar-refractivity contribution in [1.82, 2.24) is 20.4 Å². The summed E-state index contributed by atoms with van der Waals surface area (Å²) >= 11 is 1.57. The van der Waals surface area contributed by atoms with E-state index >= 15 is 0 Å². The average Bonchev–Trinajstić information content (AvgIpc) is 3.47. The zero-order valence-electron chi connectivity index (χ0n) is 16.7. The molecule has 1 aliphatic heterocycles. The average molecular weight is 414 g/mol. The van der Waals surface area contributed by atoms with E-state index in [-0.39, 0.29) is 23.8 Å². The van der Waals surface area contributed by atoms with Gasteiger partial charge in [-0.15, -0.1) is 11.8 Å². The highest BCUT2D eigenvalue weighted by Crippen LogP contribution is 2.40. The molecule has 3 atom stereocenters. The van der Waals surface area contributed by atoms with E-state index in [4.69, 9.17) is 0 Å². The van der Waals surface area contributed by atoms with Crippen molar-refractivity contribution in [3.63, 3.8) is 0 Å².